The number of fused-ring (bicyclic) bond motifs is 3. The maximum Gasteiger partial charge on any atom is 0.249 e. The normalized spacial score (nSPS) is 14.9. The van der Waals surface area contributed by atoms with E-state index in [9.17, 15) is 4.79 Å². The van der Waals surface area contributed by atoms with Gasteiger partial charge >= 0.3 is 0 Å². The van der Waals surface area contributed by atoms with E-state index in [0.717, 1.165) is 28.8 Å². The second-order valence-electron chi connectivity index (χ2n) is 7.05. The van der Waals surface area contributed by atoms with Crippen molar-refractivity contribution in [2.45, 2.75) is 39.2 Å². The summed E-state index contributed by atoms with van der Waals surface area (Å²) < 4.78 is 2.39. The van der Waals surface area contributed by atoms with Crippen LogP contribution in [0.2, 0.25) is 0 Å². The third-order valence-corrected chi connectivity index (χ3v) is 4.99. The molecule has 3 heteroatoms. The molecular weight excluding hydrogens is 284 g/mol. The molecule has 4 rings (SSSR count). The summed E-state index contributed by atoms with van der Waals surface area (Å²) in [5.41, 5.74) is 9.94. The molecule has 118 valence electrons. The summed E-state index contributed by atoms with van der Waals surface area (Å²) in [6.07, 6.45) is 2.61. The lowest BCUT2D eigenvalue weighted by Gasteiger charge is -2.09. The predicted octanol–water partition coefficient (Wildman–Crippen LogP) is 4.43. The first kappa shape index (κ1) is 14.3. The molecule has 1 heterocycles. The molecule has 1 aliphatic carbocycles. The van der Waals surface area contributed by atoms with Crippen LogP contribution in [-0.4, -0.2) is 10.5 Å². The summed E-state index contributed by atoms with van der Waals surface area (Å²) in [4.78, 5) is 11.9. The summed E-state index contributed by atoms with van der Waals surface area (Å²) in [5, 5.41) is 2.14. The van der Waals surface area contributed by atoms with E-state index in [1.807, 2.05) is 12.1 Å². The number of hydrogen-bond donors (Lipinski definition) is 1. The second kappa shape index (κ2) is 5.12. The molecule has 1 aliphatic rings. The fourth-order valence-electron chi connectivity index (χ4n) is 3.48. The Morgan fingerprint density at radius 2 is 2.00 bits per heavy atom. The van der Waals surface area contributed by atoms with Crippen LogP contribution in [0.3, 0.4) is 0 Å². The zero-order valence-electron chi connectivity index (χ0n) is 13.7. The van der Waals surface area contributed by atoms with Gasteiger partial charge in [-0.05, 0) is 48.4 Å². The largest absolute Gasteiger partial charge is 0.366 e. The number of aromatic nitrogens is 1. The van der Waals surface area contributed by atoms with E-state index >= 15 is 0 Å². The van der Waals surface area contributed by atoms with Crippen LogP contribution in [0.4, 0.5) is 0 Å². The van der Waals surface area contributed by atoms with Crippen molar-refractivity contribution in [2.75, 3.05) is 0 Å². The van der Waals surface area contributed by atoms with Gasteiger partial charge in [-0.3, -0.25) is 4.79 Å². The Kier molecular flexibility index (Phi) is 3.19. The highest BCUT2D eigenvalue weighted by Gasteiger charge is 2.25. The third kappa shape index (κ3) is 2.31. The van der Waals surface area contributed by atoms with Crippen molar-refractivity contribution in [1.82, 2.24) is 4.57 Å². The summed E-state index contributed by atoms with van der Waals surface area (Å²) in [6, 6.07) is 12.5. The van der Waals surface area contributed by atoms with E-state index < -0.39 is 0 Å². The Morgan fingerprint density at radius 1 is 1.22 bits per heavy atom. The van der Waals surface area contributed by atoms with Crippen molar-refractivity contribution in [3.8, 4) is 0 Å². The van der Waals surface area contributed by atoms with Crippen LogP contribution in [0.25, 0.3) is 21.8 Å². The molecule has 0 aliphatic heterocycles. The number of carbonyl (C=O) groups excluding carboxylic acids is 1. The number of carbonyl (C=O) groups is 1. The van der Waals surface area contributed by atoms with Gasteiger partial charge in [-0.1, -0.05) is 32.0 Å². The first-order valence-electron chi connectivity index (χ1n) is 8.41. The van der Waals surface area contributed by atoms with Crippen LogP contribution >= 0.6 is 0 Å². The highest BCUT2D eigenvalue weighted by atomic mass is 16.1. The van der Waals surface area contributed by atoms with E-state index in [1.54, 1.807) is 0 Å². The minimum absolute atomic E-state index is 0.353. The van der Waals surface area contributed by atoms with Gasteiger partial charge in [0.25, 0.3) is 0 Å². The molecule has 2 N–H and O–H groups in total. The molecule has 0 spiro atoms. The lowest BCUT2D eigenvalue weighted by Crippen LogP contribution is -2.11. The van der Waals surface area contributed by atoms with E-state index in [-0.39, 0.29) is 5.91 Å². The van der Waals surface area contributed by atoms with Crippen molar-refractivity contribution >= 4 is 27.7 Å². The first-order valence-corrected chi connectivity index (χ1v) is 8.41. The molecule has 1 amide bonds. The number of hydrogen-bond acceptors (Lipinski definition) is 1. The van der Waals surface area contributed by atoms with Crippen molar-refractivity contribution in [3.05, 3.63) is 47.5 Å². The van der Waals surface area contributed by atoms with E-state index in [2.05, 4.69) is 42.7 Å². The maximum atomic E-state index is 11.9. The van der Waals surface area contributed by atoms with Crippen LogP contribution in [0.1, 0.15) is 48.5 Å². The highest BCUT2D eigenvalue weighted by molar-refractivity contribution is 6.17. The fourth-order valence-corrected chi connectivity index (χ4v) is 3.48. The Hall–Kier alpha value is -2.29. The number of primary amides is 1. The minimum atomic E-state index is -0.353. The van der Waals surface area contributed by atoms with Crippen molar-refractivity contribution in [3.63, 3.8) is 0 Å². The van der Waals surface area contributed by atoms with Crippen LogP contribution in [0.15, 0.2) is 36.4 Å². The Labute approximate surface area is 136 Å². The Bertz CT molecular complexity index is 916. The lowest BCUT2D eigenvalue weighted by molar-refractivity contribution is 0.100. The minimum Gasteiger partial charge on any atom is -0.366 e. The van der Waals surface area contributed by atoms with E-state index in [1.165, 1.54) is 23.9 Å². The molecule has 3 aromatic rings. The van der Waals surface area contributed by atoms with Gasteiger partial charge < -0.3 is 10.3 Å². The van der Waals surface area contributed by atoms with E-state index in [4.69, 9.17) is 5.73 Å². The smallest absolute Gasteiger partial charge is 0.249 e. The number of rotatable bonds is 4. The molecule has 1 fully saturated rings. The first-order chi connectivity index (χ1) is 11.1. The molecule has 2 aromatic carbocycles. The molecule has 1 aromatic heterocycles. The third-order valence-electron chi connectivity index (χ3n) is 4.99. The van der Waals surface area contributed by atoms with Crippen LogP contribution < -0.4 is 5.73 Å². The zero-order valence-corrected chi connectivity index (χ0v) is 13.7. The number of nitrogens with two attached hydrogens (primary N) is 1. The van der Waals surface area contributed by atoms with Gasteiger partial charge in [0.2, 0.25) is 5.91 Å². The SMILES string of the molecule is CC(C)c1ccc2c3c(C(N)=O)cccc3n(CC3CC3)c2c1. The average molecular weight is 306 g/mol. The quantitative estimate of drug-likeness (QED) is 0.761. The molecule has 23 heavy (non-hydrogen) atoms. The summed E-state index contributed by atoms with van der Waals surface area (Å²) >= 11 is 0. The Morgan fingerprint density at radius 3 is 2.65 bits per heavy atom. The molecule has 0 atom stereocenters. The van der Waals surface area contributed by atoms with Crippen molar-refractivity contribution < 1.29 is 4.79 Å². The van der Waals surface area contributed by atoms with Crippen molar-refractivity contribution in [2.24, 2.45) is 11.7 Å². The van der Waals surface area contributed by atoms with Crippen LogP contribution in [0, 0.1) is 5.92 Å². The maximum absolute atomic E-state index is 11.9. The van der Waals surface area contributed by atoms with Gasteiger partial charge in [-0.2, -0.15) is 0 Å². The Balaban J connectivity index is 2.09. The molecule has 0 bridgehead atoms. The predicted molar refractivity (Wildman–Crippen MR) is 94.8 cm³/mol. The van der Waals surface area contributed by atoms with Gasteiger partial charge in [0.15, 0.2) is 0 Å². The summed E-state index contributed by atoms with van der Waals surface area (Å²) in [6.45, 7) is 5.46. The second-order valence-corrected chi connectivity index (χ2v) is 7.05. The summed E-state index contributed by atoms with van der Waals surface area (Å²) in [7, 11) is 0. The molecule has 0 saturated heterocycles. The van der Waals surface area contributed by atoms with Gasteiger partial charge in [0.05, 0.1) is 0 Å². The lowest BCUT2D eigenvalue weighted by atomic mass is 10.00. The monoisotopic (exact) mass is 306 g/mol. The van der Waals surface area contributed by atoms with Gasteiger partial charge in [-0.25, -0.2) is 0 Å². The molecule has 3 nitrogen and oxygen atoms in total. The zero-order chi connectivity index (χ0) is 16.1. The van der Waals surface area contributed by atoms with Crippen LogP contribution in [-0.2, 0) is 6.54 Å². The molecule has 1 saturated carbocycles. The summed E-state index contributed by atoms with van der Waals surface area (Å²) in [5.74, 6) is 0.908. The topological polar surface area (TPSA) is 48.0 Å². The average Bonchev–Trinajstić information content (AvgIpc) is 3.30. The van der Waals surface area contributed by atoms with Gasteiger partial charge in [0, 0.05) is 33.9 Å². The highest BCUT2D eigenvalue weighted by Crippen LogP contribution is 2.37. The van der Waals surface area contributed by atoms with Gasteiger partial charge in [-0.15, -0.1) is 0 Å². The molecule has 0 radical (unpaired) electrons. The standard InChI is InChI=1S/C20H22N2O/c1-12(2)14-8-9-15-18(10-14)22(11-13-6-7-13)17-5-3-4-16(19(15)17)20(21)23/h3-5,8-10,12-13H,6-7,11H2,1-2H3,(H2,21,23). The molecule has 0 unspecified atom stereocenters. The van der Waals surface area contributed by atoms with Crippen molar-refractivity contribution in [1.29, 1.82) is 0 Å². The number of amides is 1. The number of benzene rings is 2. The van der Waals surface area contributed by atoms with E-state index in [0.29, 0.717) is 11.5 Å². The molecular formula is C20H22N2O. The number of nitrogens with zero attached hydrogens (tertiary/aromatic N) is 1. The van der Waals surface area contributed by atoms with Crippen LogP contribution in [0.5, 0.6) is 0 Å². The fraction of sp³-hybridized carbons (Fsp3) is 0.350. The van der Waals surface area contributed by atoms with Gasteiger partial charge in [0.1, 0.15) is 0 Å².